The topological polar surface area (TPSA) is 28.4 Å². The second kappa shape index (κ2) is 6.10. The molecule has 3 rings (SSSR count). The Bertz CT molecular complexity index is 607. The summed E-state index contributed by atoms with van der Waals surface area (Å²) in [6.07, 6.45) is 7.64. The molecule has 1 saturated heterocycles. The minimum Gasteiger partial charge on any atom is -0.508 e. The number of likely N-dealkylation sites (tertiary alicyclic amines) is 1. The zero-order valence-corrected chi connectivity index (χ0v) is 13.2. The van der Waals surface area contributed by atoms with Crippen LogP contribution in [0.5, 0.6) is 5.75 Å². The summed E-state index contributed by atoms with van der Waals surface area (Å²) in [7, 11) is 0. The van der Waals surface area contributed by atoms with Crippen LogP contribution in [-0.2, 0) is 6.54 Å². The number of hydrogen-bond acceptors (Lipinski definition) is 2. The van der Waals surface area contributed by atoms with E-state index in [-0.39, 0.29) is 0 Å². The third kappa shape index (κ3) is 3.08. The number of rotatable bonds is 3. The minimum absolute atomic E-state index is 0.362. The maximum absolute atomic E-state index is 9.83. The molecule has 1 aliphatic rings. The Morgan fingerprint density at radius 2 is 1.81 bits per heavy atom. The highest BCUT2D eigenvalue weighted by atomic mass is 16.3. The van der Waals surface area contributed by atoms with Gasteiger partial charge in [0.15, 0.2) is 0 Å². The van der Waals surface area contributed by atoms with E-state index in [4.69, 9.17) is 0 Å². The Labute approximate surface area is 127 Å². The summed E-state index contributed by atoms with van der Waals surface area (Å²) in [4.78, 5) is 2.57. The molecule has 3 heteroatoms. The molecule has 0 bridgehead atoms. The van der Waals surface area contributed by atoms with Gasteiger partial charge in [-0.3, -0.25) is 4.90 Å². The quantitative estimate of drug-likeness (QED) is 0.911. The number of nitrogens with zero attached hydrogens (tertiary/aromatic N) is 2. The summed E-state index contributed by atoms with van der Waals surface area (Å²) in [5, 5.41) is 11.0. The third-order valence-electron chi connectivity index (χ3n) is 4.55. The average molecular weight is 286 g/mol. The van der Waals surface area contributed by atoms with Crippen LogP contribution in [0.15, 0.2) is 24.4 Å². The highest BCUT2D eigenvalue weighted by Crippen LogP contribution is 2.29. The van der Waals surface area contributed by atoms with Crippen LogP contribution in [-0.4, -0.2) is 27.7 Å². The highest BCUT2D eigenvalue weighted by Gasteiger charge is 2.15. The molecule has 1 fully saturated rings. The molecular formula is C18H26N2O. The van der Waals surface area contributed by atoms with Crippen LogP contribution in [0.1, 0.15) is 51.1 Å². The van der Waals surface area contributed by atoms with Crippen molar-refractivity contribution in [2.75, 3.05) is 13.1 Å². The van der Waals surface area contributed by atoms with Crippen molar-refractivity contribution in [1.82, 2.24) is 9.47 Å². The molecule has 0 aliphatic carbocycles. The molecule has 2 heterocycles. The van der Waals surface area contributed by atoms with E-state index in [2.05, 4.69) is 29.5 Å². The standard InChI is InChI=1S/C18H26N2O/c1-14(2)20-13-15(12-19-9-5-3-4-6-10-19)17-11-16(21)7-8-18(17)20/h7-8,11,13-14,21H,3-6,9-10,12H2,1-2H3. The van der Waals surface area contributed by atoms with Crippen LogP contribution in [0.3, 0.4) is 0 Å². The van der Waals surface area contributed by atoms with Crippen LogP contribution >= 0.6 is 0 Å². The van der Waals surface area contributed by atoms with E-state index >= 15 is 0 Å². The van der Waals surface area contributed by atoms with Crippen molar-refractivity contribution < 1.29 is 5.11 Å². The first-order valence-corrected chi connectivity index (χ1v) is 8.20. The maximum atomic E-state index is 9.83. The Balaban J connectivity index is 1.95. The van der Waals surface area contributed by atoms with Crippen molar-refractivity contribution in [1.29, 1.82) is 0 Å². The first kappa shape index (κ1) is 14.5. The van der Waals surface area contributed by atoms with Gasteiger partial charge in [-0.15, -0.1) is 0 Å². The van der Waals surface area contributed by atoms with Crippen molar-refractivity contribution >= 4 is 10.9 Å². The van der Waals surface area contributed by atoms with Gasteiger partial charge in [0, 0.05) is 29.7 Å². The zero-order chi connectivity index (χ0) is 14.8. The van der Waals surface area contributed by atoms with Gasteiger partial charge in [-0.1, -0.05) is 12.8 Å². The van der Waals surface area contributed by atoms with Crippen LogP contribution in [0.25, 0.3) is 10.9 Å². The second-order valence-electron chi connectivity index (χ2n) is 6.55. The normalized spacial score (nSPS) is 17.5. The van der Waals surface area contributed by atoms with E-state index < -0.39 is 0 Å². The van der Waals surface area contributed by atoms with Crippen molar-refractivity contribution in [3.63, 3.8) is 0 Å². The monoisotopic (exact) mass is 286 g/mol. The number of benzene rings is 1. The fourth-order valence-corrected chi connectivity index (χ4v) is 3.40. The van der Waals surface area contributed by atoms with Gasteiger partial charge in [-0.25, -0.2) is 0 Å². The van der Waals surface area contributed by atoms with Gasteiger partial charge >= 0.3 is 0 Å². The number of phenols is 1. The molecule has 21 heavy (non-hydrogen) atoms. The van der Waals surface area contributed by atoms with Gasteiger partial charge < -0.3 is 9.67 Å². The minimum atomic E-state index is 0.362. The van der Waals surface area contributed by atoms with Crippen molar-refractivity contribution in [3.05, 3.63) is 30.0 Å². The lowest BCUT2D eigenvalue weighted by molar-refractivity contribution is 0.277. The SMILES string of the molecule is CC(C)n1cc(CN2CCCCCC2)c2cc(O)ccc21. The summed E-state index contributed by atoms with van der Waals surface area (Å²) >= 11 is 0. The molecule has 114 valence electrons. The molecule has 3 nitrogen and oxygen atoms in total. The van der Waals surface area contributed by atoms with Crippen LogP contribution in [0, 0.1) is 0 Å². The summed E-state index contributed by atoms with van der Waals surface area (Å²) in [5.41, 5.74) is 2.57. The summed E-state index contributed by atoms with van der Waals surface area (Å²) in [6, 6.07) is 6.18. The largest absolute Gasteiger partial charge is 0.508 e. The van der Waals surface area contributed by atoms with Crippen LogP contribution in [0.2, 0.25) is 0 Å². The molecule has 2 aromatic rings. The van der Waals surface area contributed by atoms with Crippen molar-refractivity contribution in [2.45, 2.75) is 52.1 Å². The van der Waals surface area contributed by atoms with Gasteiger partial charge in [0.1, 0.15) is 5.75 Å². The van der Waals surface area contributed by atoms with Crippen LogP contribution in [0.4, 0.5) is 0 Å². The molecule has 0 spiro atoms. The number of phenolic OH excluding ortho intramolecular Hbond substituents is 1. The van der Waals surface area contributed by atoms with Gasteiger partial charge in [0.05, 0.1) is 0 Å². The highest BCUT2D eigenvalue weighted by molar-refractivity contribution is 5.85. The van der Waals surface area contributed by atoms with Crippen molar-refractivity contribution in [3.8, 4) is 5.75 Å². The smallest absolute Gasteiger partial charge is 0.116 e. The van der Waals surface area contributed by atoms with E-state index in [0.717, 1.165) is 6.54 Å². The molecule has 1 aromatic carbocycles. The summed E-state index contributed by atoms with van der Waals surface area (Å²) in [5.74, 6) is 0.362. The molecule has 1 aromatic heterocycles. The molecule has 1 aliphatic heterocycles. The number of aromatic nitrogens is 1. The number of fused-ring (bicyclic) bond motifs is 1. The predicted octanol–water partition coefficient (Wildman–Crippen LogP) is 4.30. The van der Waals surface area contributed by atoms with E-state index in [0.29, 0.717) is 11.8 Å². The van der Waals surface area contributed by atoms with Crippen LogP contribution < -0.4 is 0 Å². The lowest BCUT2D eigenvalue weighted by Gasteiger charge is -2.19. The number of hydrogen-bond donors (Lipinski definition) is 1. The van der Waals surface area contributed by atoms with Gasteiger partial charge in [-0.05, 0) is 63.5 Å². The first-order valence-electron chi connectivity index (χ1n) is 8.20. The Morgan fingerprint density at radius 1 is 1.10 bits per heavy atom. The van der Waals surface area contributed by atoms with Gasteiger partial charge in [-0.2, -0.15) is 0 Å². The molecule has 1 N–H and O–H groups in total. The van der Waals surface area contributed by atoms with Gasteiger partial charge in [0.2, 0.25) is 0 Å². The van der Waals surface area contributed by atoms with E-state index in [1.54, 1.807) is 6.07 Å². The number of aromatic hydroxyl groups is 1. The molecular weight excluding hydrogens is 260 g/mol. The molecule has 0 unspecified atom stereocenters. The average Bonchev–Trinajstić information content (AvgIpc) is 2.63. The lowest BCUT2D eigenvalue weighted by Crippen LogP contribution is -2.23. The fourth-order valence-electron chi connectivity index (χ4n) is 3.40. The zero-order valence-electron chi connectivity index (χ0n) is 13.2. The van der Waals surface area contributed by atoms with Crippen molar-refractivity contribution in [2.24, 2.45) is 0 Å². The maximum Gasteiger partial charge on any atom is 0.116 e. The fraction of sp³-hybridized carbons (Fsp3) is 0.556. The second-order valence-corrected chi connectivity index (χ2v) is 6.55. The third-order valence-corrected chi connectivity index (χ3v) is 4.55. The van der Waals surface area contributed by atoms with Gasteiger partial charge in [0.25, 0.3) is 0 Å². The predicted molar refractivity (Wildman–Crippen MR) is 87.7 cm³/mol. The van der Waals surface area contributed by atoms with E-state index in [1.807, 2.05) is 12.1 Å². The molecule has 0 saturated carbocycles. The lowest BCUT2D eigenvalue weighted by atomic mass is 10.1. The van der Waals surface area contributed by atoms with E-state index in [1.165, 1.54) is 55.2 Å². The molecule has 0 radical (unpaired) electrons. The Kier molecular flexibility index (Phi) is 4.20. The molecule has 0 atom stereocenters. The summed E-state index contributed by atoms with van der Waals surface area (Å²) < 4.78 is 2.32. The Morgan fingerprint density at radius 3 is 2.48 bits per heavy atom. The molecule has 0 amide bonds. The summed E-state index contributed by atoms with van der Waals surface area (Å²) in [6.45, 7) is 7.82. The van der Waals surface area contributed by atoms with E-state index in [9.17, 15) is 5.11 Å². The Hall–Kier alpha value is -1.48. The first-order chi connectivity index (χ1) is 10.1.